The van der Waals surface area contributed by atoms with E-state index in [9.17, 15) is 36.0 Å². The summed E-state index contributed by atoms with van der Waals surface area (Å²) < 4.78 is 65.6. The molecular formula is C36H64N4O12S2. The van der Waals surface area contributed by atoms with Crippen molar-refractivity contribution in [2.45, 2.75) is 129 Å². The monoisotopic (exact) mass is 808 g/mol. The smallest absolute Gasteiger partial charge is 0.410 e. The summed E-state index contributed by atoms with van der Waals surface area (Å²) in [4.78, 5) is 56.2. The van der Waals surface area contributed by atoms with Crippen LogP contribution in [0.3, 0.4) is 0 Å². The van der Waals surface area contributed by atoms with E-state index in [-0.39, 0.29) is 48.0 Å². The van der Waals surface area contributed by atoms with Gasteiger partial charge in [0.1, 0.15) is 11.2 Å². The van der Waals surface area contributed by atoms with E-state index < -0.39 is 31.4 Å². The summed E-state index contributed by atoms with van der Waals surface area (Å²) in [6.07, 6.45) is 7.11. The van der Waals surface area contributed by atoms with Crippen molar-refractivity contribution in [2.75, 3.05) is 64.9 Å². The molecule has 4 heterocycles. The highest BCUT2D eigenvalue weighted by Gasteiger charge is 2.32. The molecule has 0 aromatic heterocycles. The summed E-state index contributed by atoms with van der Waals surface area (Å²) in [5.41, 5.74) is -1.01. The molecule has 4 aliphatic heterocycles. The molecule has 0 unspecified atom stereocenters. The molecule has 4 fully saturated rings. The van der Waals surface area contributed by atoms with Crippen LogP contribution in [0.15, 0.2) is 0 Å². The summed E-state index contributed by atoms with van der Waals surface area (Å²) in [6, 6.07) is 0. The molecular weight excluding hydrogens is 745 g/mol. The lowest BCUT2D eigenvalue weighted by atomic mass is 9.92. The topological polar surface area (TPSA) is 186 Å². The van der Waals surface area contributed by atoms with Crippen molar-refractivity contribution >= 4 is 44.2 Å². The van der Waals surface area contributed by atoms with Crippen molar-refractivity contribution in [3.8, 4) is 0 Å². The van der Waals surface area contributed by atoms with E-state index in [2.05, 4.69) is 0 Å². The van der Waals surface area contributed by atoms with E-state index in [1.54, 1.807) is 19.6 Å². The molecule has 0 bridgehead atoms. The van der Waals surface area contributed by atoms with E-state index in [4.69, 9.17) is 17.8 Å². The number of hydrogen-bond acceptors (Lipinski definition) is 12. The van der Waals surface area contributed by atoms with Crippen LogP contribution in [0.25, 0.3) is 0 Å². The average molecular weight is 809 g/mol. The highest BCUT2D eigenvalue weighted by molar-refractivity contribution is 7.86. The number of amides is 4. The molecule has 0 spiro atoms. The average Bonchev–Trinajstić information content (AvgIpc) is 3.03. The van der Waals surface area contributed by atoms with Gasteiger partial charge < -0.3 is 29.1 Å². The fraction of sp³-hybridized carbons (Fsp3) is 0.889. The summed E-state index contributed by atoms with van der Waals surface area (Å²) >= 11 is 0. The summed E-state index contributed by atoms with van der Waals surface area (Å²) in [6.45, 7) is 15.6. The third-order valence-corrected chi connectivity index (χ3v) is 10.9. The maximum absolute atomic E-state index is 12.5. The van der Waals surface area contributed by atoms with Crippen LogP contribution in [-0.2, 0) is 47.7 Å². The summed E-state index contributed by atoms with van der Waals surface area (Å²) in [7, 11) is -6.91. The Labute approximate surface area is 322 Å². The van der Waals surface area contributed by atoms with Crippen molar-refractivity contribution in [1.82, 2.24) is 19.6 Å². The molecule has 312 valence electrons. The second-order valence-electron chi connectivity index (χ2n) is 17.0. The minimum Gasteiger partial charge on any atom is -0.444 e. The Kier molecular flexibility index (Phi) is 16.4. The van der Waals surface area contributed by atoms with Crippen LogP contribution in [0.4, 0.5) is 9.59 Å². The molecule has 4 aliphatic rings. The lowest BCUT2D eigenvalue weighted by molar-refractivity contribution is -0.135. The predicted octanol–water partition coefficient (Wildman–Crippen LogP) is 3.98. The van der Waals surface area contributed by atoms with Gasteiger partial charge in [0.05, 0.1) is 24.7 Å². The van der Waals surface area contributed by atoms with E-state index in [0.29, 0.717) is 90.9 Å². The van der Waals surface area contributed by atoms with Crippen LogP contribution in [-0.4, -0.2) is 149 Å². The van der Waals surface area contributed by atoms with Crippen LogP contribution < -0.4 is 0 Å². The first kappa shape index (κ1) is 45.7. The van der Waals surface area contributed by atoms with Gasteiger partial charge in [0.15, 0.2) is 0 Å². The van der Waals surface area contributed by atoms with Gasteiger partial charge in [0.2, 0.25) is 11.8 Å². The van der Waals surface area contributed by atoms with Crippen molar-refractivity contribution in [1.29, 1.82) is 0 Å². The zero-order chi connectivity index (χ0) is 40.5. The number of rotatable bonds is 8. The zero-order valence-electron chi connectivity index (χ0n) is 33.5. The summed E-state index contributed by atoms with van der Waals surface area (Å²) in [5.74, 6) is 0.731. The number of ether oxygens (including phenoxy) is 2. The molecule has 4 saturated heterocycles. The molecule has 18 heteroatoms. The van der Waals surface area contributed by atoms with Gasteiger partial charge in [-0.2, -0.15) is 16.8 Å². The Morgan fingerprint density at radius 3 is 0.981 bits per heavy atom. The van der Waals surface area contributed by atoms with Gasteiger partial charge in [-0.15, -0.1) is 0 Å². The molecule has 4 rings (SSSR count). The highest BCUT2D eigenvalue weighted by atomic mass is 32.2. The molecule has 0 N–H and O–H groups in total. The zero-order valence-corrected chi connectivity index (χ0v) is 35.2. The first-order valence-corrected chi connectivity index (χ1v) is 22.8. The largest absolute Gasteiger partial charge is 0.444 e. The van der Waals surface area contributed by atoms with Crippen LogP contribution in [0, 0.1) is 11.8 Å². The van der Waals surface area contributed by atoms with Gasteiger partial charge in [0, 0.05) is 65.2 Å². The Morgan fingerprint density at radius 2 is 0.741 bits per heavy atom. The lowest BCUT2D eigenvalue weighted by Gasteiger charge is -2.35. The normalized spacial score (nSPS) is 20.6. The fourth-order valence-electron chi connectivity index (χ4n) is 6.94. The van der Waals surface area contributed by atoms with Crippen LogP contribution in [0.2, 0.25) is 0 Å². The van der Waals surface area contributed by atoms with Gasteiger partial charge in [-0.05, 0) is 105 Å². The van der Waals surface area contributed by atoms with Crippen LogP contribution in [0.1, 0.15) is 106 Å². The number of piperidine rings is 4. The van der Waals surface area contributed by atoms with E-state index in [1.807, 2.05) is 41.5 Å². The Morgan fingerprint density at radius 1 is 0.481 bits per heavy atom. The third-order valence-electron chi connectivity index (χ3n) is 9.67. The van der Waals surface area contributed by atoms with Crippen molar-refractivity contribution in [3.63, 3.8) is 0 Å². The minimum atomic E-state index is -3.45. The number of carbonyl (C=O) groups excluding carboxylic acids is 4. The number of carbonyl (C=O) groups is 4. The Hall–Kier alpha value is -2.70. The van der Waals surface area contributed by atoms with E-state index >= 15 is 0 Å². The SMILES string of the molecule is CC(C)(C)OC(=O)N1CCC(CC(=O)N2CCC(OS(C)(=O)=O)CC2)CC1.CC(C)(C)OC(=O)N1CCC(CC(=O)N2CCC(OS(C)(=O)=O)CC2)CC1. The predicted molar refractivity (Wildman–Crippen MR) is 201 cm³/mol. The Balaban J connectivity index is 0.000000290. The number of likely N-dealkylation sites (tertiary alicyclic amines) is 4. The van der Waals surface area contributed by atoms with E-state index in [0.717, 1.165) is 38.2 Å². The van der Waals surface area contributed by atoms with Crippen molar-refractivity contribution in [2.24, 2.45) is 11.8 Å². The third kappa shape index (κ3) is 17.4. The number of nitrogens with zero attached hydrogens (tertiary/aromatic N) is 4. The molecule has 0 radical (unpaired) electrons. The lowest BCUT2D eigenvalue weighted by Crippen LogP contribution is -2.44. The quantitative estimate of drug-likeness (QED) is 0.322. The molecule has 4 amide bonds. The minimum absolute atomic E-state index is 0.100. The Bertz CT molecular complexity index is 1370. The van der Waals surface area contributed by atoms with E-state index in [1.165, 1.54) is 0 Å². The molecule has 0 aliphatic carbocycles. The maximum Gasteiger partial charge on any atom is 0.410 e. The van der Waals surface area contributed by atoms with Gasteiger partial charge in [-0.3, -0.25) is 18.0 Å². The van der Waals surface area contributed by atoms with Gasteiger partial charge in [-0.1, -0.05) is 0 Å². The first-order chi connectivity index (χ1) is 24.9. The molecule has 0 atom stereocenters. The standard InChI is InChI=1S/2C18H32N2O6S/c2*1-18(2,3)25-17(22)20-9-5-14(6-10-20)13-16(21)19-11-7-15(8-12-19)26-27(4,23)24/h2*14-15H,5-13H2,1-4H3. The molecule has 54 heavy (non-hydrogen) atoms. The molecule has 0 aromatic carbocycles. The van der Waals surface area contributed by atoms with Crippen LogP contribution in [0.5, 0.6) is 0 Å². The fourth-order valence-corrected chi connectivity index (χ4v) is 8.32. The second-order valence-corrected chi connectivity index (χ2v) is 20.2. The molecule has 16 nitrogen and oxygen atoms in total. The van der Waals surface area contributed by atoms with Crippen molar-refractivity contribution < 1.29 is 53.9 Å². The van der Waals surface area contributed by atoms with Crippen LogP contribution >= 0.6 is 0 Å². The number of hydrogen-bond donors (Lipinski definition) is 0. The maximum atomic E-state index is 12.5. The highest BCUT2D eigenvalue weighted by Crippen LogP contribution is 2.26. The second kappa shape index (κ2) is 19.4. The van der Waals surface area contributed by atoms with Gasteiger partial charge in [0.25, 0.3) is 20.2 Å². The molecule has 0 saturated carbocycles. The summed E-state index contributed by atoms with van der Waals surface area (Å²) in [5, 5.41) is 0. The van der Waals surface area contributed by atoms with Gasteiger partial charge >= 0.3 is 12.2 Å². The van der Waals surface area contributed by atoms with Gasteiger partial charge in [-0.25, -0.2) is 9.59 Å². The first-order valence-electron chi connectivity index (χ1n) is 19.1. The van der Waals surface area contributed by atoms with Crippen molar-refractivity contribution in [3.05, 3.63) is 0 Å². The molecule has 0 aromatic rings.